The highest BCUT2D eigenvalue weighted by molar-refractivity contribution is 6.10. The topological polar surface area (TPSA) is 111 Å². The molecule has 3 aromatic rings. The normalized spacial score (nSPS) is 10.9. The third-order valence-electron chi connectivity index (χ3n) is 4.67. The summed E-state index contributed by atoms with van der Waals surface area (Å²) in [6, 6.07) is 15.2. The molecule has 0 spiro atoms. The molecular formula is C25H26N4O5. The van der Waals surface area contributed by atoms with Gasteiger partial charge in [0.05, 0.1) is 32.9 Å². The van der Waals surface area contributed by atoms with Crippen LogP contribution in [0.4, 0.5) is 5.69 Å². The first kappa shape index (κ1) is 24.2. The van der Waals surface area contributed by atoms with Crippen LogP contribution in [0.5, 0.6) is 11.5 Å². The van der Waals surface area contributed by atoms with E-state index in [-0.39, 0.29) is 5.96 Å². The number of aromatic nitrogens is 1. The van der Waals surface area contributed by atoms with Gasteiger partial charge >= 0.3 is 5.97 Å². The molecule has 0 aliphatic heterocycles. The van der Waals surface area contributed by atoms with Crippen molar-refractivity contribution in [2.24, 2.45) is 4.99 Å². The monoisotopic (exact) mass is 462 g/mol. The zero-order valence-electron chi connectivity index (χ0n) is 19.2. The SMILES string of the molecule is CCOC(=O)c1ccc(NC(=NCc2ccncc2)NC(=O)c2cc(OC)cc(OC)c2)cc1. The number of nitrogens with zero attached hydrogens (tertiary/aromatic N) is 2. The predicted octanol–water partition coefficient (Wildman–Crippen LogP) is 3.67. The predicted molar refractivity (Wildman–Crippen MR) is 128 cm³/mol. The van der Waals surface area contributed by atoms with E-state index < -0.39 is 11.9 Å². The van der Waals surface area contributed by atoms with Gasteiger partial charge in [0.1, 0.15) is 11.5 Å². The molecule has 0 saturated heterocycles. The summed E-state index contributed by atoms with van der Waals surface area (Å²) in [5.41, 5.74) is 2.32. The van der Waals surface area contributed by atoms with E-state index in [0.717, 1.165) is 5.56 Å². The third-order valence-corrected chi connectivity index (χ3v) is 4.67. The zero-order chi connectivity index (χ0) is 24.3. The number of ether oxygens (including phenoxy) is 3. The number of amides is 1. The van der Waals surface area contributed by atoms with Gasteiger partial charge in [-0.2, -0.15) is 0 Å². The number of nitrogens with one attached hydrogen (secondary N) is 2. The van der Waals surface area contributed by atoms with Crippen LogP contribution in [0.25, 0.3) is 0 Å². The molecule has 34 heavy (non-hydrogen) atoms. The van der Waals surface area contributed by atoms with E-state index in [1.54, 1.807) is 61.8 Å². The minimum absolute atomic E-state index is 0.229. The van der Waals surface area contributed by atoms with Crippen LogP contribution in [0, 0.1) is 0 Å². The molecule has 0 atom stereocenters. The summed E-state index contributed by atoms with van der Waals surface area (Å²) in [4.78, 5) is 33.4. The third kappa shape index (κ3) is 6.80. The lowest BCUT2D eigenvalue weighted by atomic mass is 10.2. The van der Waals surface area contributed by atoms with Crippen molar-refractivity contribution in [1.82, 2.24) is 10.3 Å². The molecule has 0 unspecified atom stereocenters. The van der Waals surface area contributed by atoms with E-state index >= 15 is 0 Å². The second-order valence-electron chi connectivity index (χ2n) is 7.00. The van der Waals surface area contributed by atoms with E-state index in [4.69, 9.17) is 14.2 Å². The Hall–Kier alpha value is -4.40. The molecule has 0 bridgehead atoms. The summed E-state index contributed by atoms with van der Waals surface area (Å²) in [7, 11) is 3.03. The minimum Gasteiger partial charge on any atom is -0.497 e. The summed E-state index contributed by atoms with van der Waals surface area (Å²) in [6.45, 7) is 2.36. The molecule has 176 valence electrons. The van der Waals surface area contributed by atoms with Crippen LogP contribution in [-0.4, -0.2) is 43.6 Å². The number of esters is 1. The number of guanidine groups is 1. The molecule has 0 aliphatic rings. The van der Waals surface area contributed by atoms with Crippen LogP contribution in [-0.2, 0) is 11.3 Å². The maximum absolute atomic E-state index is 13.0. The maximum atomic E-state index is 13.0. The second kappa shape index (κ2) is 12.0. The van der Waals surface area contributed by atoms with Crippen molar-refractivity contribution in [2.75, 3.05) is 26.1 Å². The number of benzene rings is 2. The Morgan fingerprint density at radius 2 is 1.56 bits per heavy atom. The first-order valence-corrected chi connectivity index (χ1v) is 10.5. The number of carbonyl (C=O) groups is 2. The van der Waals surface area contributed by atoms with Gasteiger partial charge in [0.15, 0.2) is 0 Å². The van der Waals surface area contributed by atoms with Crippen molar-refractivity contribution in [2.45, 2.75) is 13.5 Å². The van der Waals surface area contributed by atoms with Gasteiger partial charge in [0.25, 0.3) is 5.91 Å². The Morgan fingerprint density at radius 1 is 0.912 bits per heavy atom. The number of anilines is 1. The summed E-state index contributed by atoms with van der Waals surface area (Å²) >= 11 is 0. The van der Waals surface area contributed by atoms with Gasteiger partial charge in [0, 0.05) is 29.7 Å². The van der Waals surface area contributed by atoms with Crippen molar-refractivity contribution in [3.63, 3.8) is 0 Å². The highest BCUT2D eigenvalue weighted by atomic mass is 16.5. The zero-order valence-corrected chi connectivity index (χ0v) is 19.2. The molecule has 9 nitrogen and oxygen atoms in total. The molecule has 0 fully saturated rings. The number of hydrogen-bond donors (Lipinski definition) is 2. The molecule has 0 saturated carbocycles. The number of methoxy groups -OCH3 is 2. The van der Waals surface area contributed by atoms with E-state index in [1.807, 2.05) is 12.1 Å². The highest BCUT2D eigenvalue weighted by Gasteiger charge is 2.13. The van der Waals surface area contributed by atoms with Crippen LogP contribution in [0.15, 0.2) is 72.0 Å². The first-order chi connectivity index (χ1) is 16.5. The summed E-state index contributed by atoms with van der Waals surface area (Å²) in [5.74, 6) is 0.402. The lowest BCUT2D eigenvalue weighted by Gasteiger charge is -2.13. The maximum Gasteiger partial charge on any atom is 0.338 e. The Labute approximate surface area is 197 Å². The highest BCUT2D eigenvalue weighted by Crippen LogP contribution is 2.22. The van der Waals surface area contributed by atoms with Crippen molar-refractivity contribution in [3.05, 3.63) is 83.7 Å². The molecule has 9 heteroatoms. The summed E-state index contributed by atoms with van der Waals surface area (Å²) in [5, 5.41) is 5.89. The average molecular weight is 463 g/mol. The fraction of sp³-hybridized carbons (Fsp3) is 0.200. The number of pyridine rings is 1. The lowest BCUT2D eigenvalue weighted by Crippen LogP contribution is -2.36. The van der Waals surface area contributed by atoms with Gasteiger partial charge in [-0.25, -0.2) is 9.79 Å². The molecule has 2 aromatic carbocycles. The van der Waals surface area contributed by atoms with E-state index in [9.17, 15) is 9.59 Å². The van der Waals surface area contributed by atoms with Gasteiger partial charge in [-0.05, 0) is 61.0 Å². The van der Waals surface area contributed by atoms with Gasteiger partial charge in [-0.3, -0.25) is 15.1 Å². The van der Waals surface area contributed by atoms with Crippen LogP contribution in [0.1, 0.15) is 33.2 Å². The molecule has 1 heterocycles. The standard InChI is InChI=1S/C25H26N4O5/c1-4-34-24(31)18-5-7-20(8-6-18)28-25(27-16-17-9-11-26-12-10-17)29-23(30)19-13-21(32-2)15-22(14-19)33-3/h5-15H,4,16H2,1-3H3,(H2,27,28,29,30). The van der Waals surface area contributed by atoms with Crippen molar-refractivity contribution in [3.8, 4) is 11.5 Å². The minimum atomic E-state index is -0.402. The molecule has 0 aliphatic carbocycles. The van der Waals surface area contributed by atoms with Crippen LogP contribution in [0.3, 0.4) is 0 Å². The Morgan fingerprint density at radius 3 is 2.15 bits per heavy atom. The first-order valence-electron chi connectivity index (χ1n) is 10.5. The Bertz CT molecular complexity index is 1130. The number of hydrogen-bond acceptors (Lipinski definition) is 7. The van der Waals surface area contributed by atoms with E-state index in [1.165, 1.54) is 14.2 Å². The number of rotatable bonds is 8. The van der Waals surface area contributed by atoms with Crippen molar-refractivity contribution < 1.29 is 23.8 Å². The van der Waals surface area contributed by atoms with Gasteiger partial charge < -0.3 is 19.5 Å². The smallest absolute Gasteiger partial charge is 0.338 e. The Kier molecular flexibility index (Phi) is 8.56. The average Bonchev–Trinajstić information content (AvgIpc) is 2.88. The second-order valence-corrected chi connectivity index (χ2v) is 7.00. The summed E-state index contributed by atoms with van der Waals surface area (Å²) < 4.78 is 15.5. The van der Waals surface area contributed by atoms with Crippen LogP contribution < -0.4 is 20.1 Å². The summed E-state index contributed by atoms with van der Waals surface area (Å²) in [6.07, 6.45) is 3.35. The van der Waals surface area contributed by atoms with Crippen LogP contribution >= 0.6 is 0 Å². The van der Waals surface area contributed by atoms with E-state index in [0.29, 0.717) is 41.5 Å². The fourth-order valence-electron chi connectivity index (χ4n) is 2.93. The molecule has 3 rings (SSSR count). The van der Waals surface area contributed by atoms with Gasteiger partial charge in [-0.15, -0.1) is 0 Å². The number of aliphatic imine (C=N–C) groups is 1. The fourth-order valence-corrected chi connectivity index (χ4v) is 2.93. The van der Waals surface area contributed by atoms with Crippen molar-refractivity contribution >= 4 is 23.5 Å². The lowest BCUT2D eigenvalue weighted by molar-refractivity contribution is 0.0526. The molecule has 1 amide bonds. The van der Waals surface area contributed by atoms with Crippen molar-refractivity contribution in [1.29, 1.82) is 0 Å². The Balaban J connectivity index is 1.82. The quantitative estimate of drug-likeness (QED) is 0.298. The van der Waals surface area contributed by atoms with Crippen LogP contribution in [0.2, 0.25) is 0 Å². The molecule has 2 N–H and O–H groups in total. The molecule has 1 aromatic heterocycles. The molecular weight excluding hydrogens is 436 g/mol. The van der Waals surface area contributed by atoms with Gasteiger partial charge in [-0.1, -0.05) is 0 Å². The molecule has 0 radical (unpaired) electrons. The number of carbonyl (C=O) groups excluding carboxylic acids is 2. The van der Waals surface area contributed by atoms with E-state index in [2.05, 4.69) is 20.6 Å². The van der Waals surface area contributed by atoms with Gasteiger partial charge in [0.2, 0.25) is 5.96 Å². The largest absolute Gasteiger partial charge is 0.497 e.